The molecule has 4 unspecified atom stereocenters. The summed E-state index contributed by atoms with van der Waals surface area (Å²) in [7, 11) is 0. The van der Waals surface area contributed by atoms with Crippen LogP contribution in [0.2, 0.25) is 0 Å². The molecule has 1 aromatic carbocycles. The fourth-order valence-corrected chi connectivity index (χ4v) is 4.89. The first kappa shape index (κ1) is 15.1. The minimum absolute atomic E-state index is 0.590. The summed E-state index contributed by atoms with van der Waals surface area (Å²) < 4.78 is 0. The van der Waals surface area contributed by atoms with E-state index in [2.05, 4.69) is 44.3 Å². The van der Waals surface area contributed by atoms with Gasteiger partial charge in [0.1, 0.15) is 0 Å². The van der Waals surface area contributed by atoms with E-state index >= 15 is 0 Å². The Kier molecular flexibility index (Phi) is 4.69. The van der Waals surface area contributed by atoms with E-state index in [1.54, 1.807) is 11.1 Å². The molecule has 0 amide bonds. The van der Waals surface area contributed by atoms with E-state index < -0.39 is 0 Å². The van der Waals surface area contributed by atoms with Crippen molar-refractivity contribution in [1.29, 1.82) is 0 Å². The van der Waals surface area contributed by atoms with Gasteiger partial charge in [0.15, 0.2) is 0 Å². The van der Waals surface area contributed by atoms with Gasteiger partial charge in [-0.25, -0.2) is 0 Å². The maximum Gasteiger partial charge on any atom is 0.0354 e. The molecule has 4 atom stereocenters. The Morgan fingerprint density at radius 3 is 2.52 bits per heavy atom. The van der Waals surface area contributed by atoms with Crippen LogP contribution < -0.4 is 5.32 Å². The zero-order chi connectivity index (χ0) is 14.8. The first-order valence-electron chi connectivity index (χ1n) is 9.11. The summed E-state index contributed by atoms with van der Waals surface area (Å²) in [5.41, 5.74) is 4.66. The van der Waals surface area contributed by atoms with E-state index in [1.165, 1.54) is 31.2 Å². The summed E-state index contributed by atoms with van der Waals surface area (Å²) in [5.74, 6) is 2.88. The van der Waals surface area contributed by atoms with Crippen molar-refractivity contribution >= 4 is 0 Å². The third-order valence-electron chi connectivity index (χ3n) is 5.98. The molecule has 0 aromatic heterocycles. The first-order chi connectivity index (χ1) is 10.3. The maximum absolute atomic E-state index is 3.85. The summed E-state index contributed by atoms with van der Waals surface area (Å²) >= 11 is 0. The molecule has 2 aliphatic rings. The number of rotatable bonds is 6. The Hall–Kier alpha value is -0.820. The van der Waals surface area contributed by atoms with Gasteiger partial charge in [-0.05, 0) is 73.1 Å². The van der Waals surface area contributed by atoms with Crippen LogP contribution >= 0.6 is 0 Å². The van der Waals surface area contributed by atoms with Crippen LogP contribution in [0.3, 0.4) is 0 Å². The molecule has 0 heterocycles. The van der Waals surface area contributed by atoms with Gasteiger partial charge in [0.25, 0.3) is 0 Å². The van der Waals surface area contributed by atoms with Gasteiger partial charge < -0.3 is 5.32 Å². The van der Waals surface area contributed by atoms with Crippen molar-refractivity contribution in [2.45, 2.75) is 65.3 Å². The number of benzene rings is 1. The van der Waals surface area contributed by atoms with Crippen molar-refractivity contribution in [3.05, 3.63) is 34.9 Å². The largest absolute Gasteiger partial charge is 0.310 e. The lowest BCUT2D eigenvalue weighted by Gasteiger charge is -2.33. The Morgan fingerprint density at radius 2 is 1.95 bits per heavy atom. The first-order valence-corrected chi connectivity index (χ1v) is 9.11. The fourth-order valence-electron chi connectivity index (χ4n) is 4.89. The summed E-state index contributed by atoms with van der Waals surface area (Å²) in [6.45, 7) is 7.91. The standard InChI is InChI=1S/C20H31N/c1-4-14-7-9-16(5-2)18(12-14)20(21-6-3)19-13-15-8-10-17(19)11-15/h7,9,12,15,17,19-21H,4-6,8,10-11,13H2,1-3H3. The second kappa shape index (κ2) is 6.52. The third kappa shape index (κ3) is 2.90. The highest BCUT2D eigenvalue weighted by molar-refractivity contribution is 5.35. The van der Waals surface area contributed by atoms with Crippen LogP contribution in [0.25, 0.3) is 0 Å². The molecule has 0 radical (unpaired) electrons. The lowest BCUT2D eigenvalue weighted by Crippen LogP contribution is -2.32. The van der Waals surface area contributed by atoms with Crippen molar-refractivity contribution in [2.75, 3.05) is 6.54 Å². The van der Waals surface area contributed by atoms with Crippen molar-refractivity contribution in [2.24, 2.45) is 17.8 Å². The van der Waals surface area contributed by atoms with E-state index in [4.69, 9.17) is 0 Å². The highest BCUT2D eigenvalue weighted by Crippen LogP contribution is 2.52. The molecular formula is C20H31N. The average molecular weight is 285 g/mol. The van der Waals surface area contributed by atoms with Crippen molar-refractivity contribution in [1.82, 2.24) is 5.32 Å². The van der Waals surface area contributed by atoms with Gasteiger partial charge in [-0.2, -0.15) is 0 Å². The van der Waals surface area contributed by atoms with E-state index in [0.29, 0.717) is 6.04 Å². The smallest absolute Gasteiger partial charge is 0.0354 e. The minimum atomic E-state index is 0.590. The van der Waals surface area contributed by atoms with E-state index in [-0.39, 0.29) is 0 Å². The van der Waals surface area contributed by atoms with E-state index in [1.807, 2.05) is 0 Å². The molecule has 21 heavy (non-hydrogen) atoms. The molecule has 1 N–H and O–H groups in total. The highest BCUT2D eigenvalue weighted by atomic mass is 14.9. The Morgan fingerprint density at radius 1 is 1.10 bits per heavy atom. The third-order valence-corrected chi connectivity index (χ3v) is 5.98. The summed E-state index contributed by atoms with van der Waals surface area (Å²) in [5, 5.41) is 3.85. The zero-order valence-corrected chi connectivity index (χ0v) is 14.0. The lowest BCUT2D eigenvalue weighted by molar-refractivity contribution is 0.252. The van der Waals surface area contributed by atoms with Gasteiger partial charge in [0.2, 0.25) is 0 Å². The topological polar surface area (TPSA) is 12.0 Å². The quantitative estimate of drug-likeness (QED) is 0.784. The molecular weight excluding hydrogens is 254 g/mol. The van der Waals surface area contributed by atoms with Crippen molar-refractivity contribution in [3.63, 3.8) is 0 Å². The molecule has 2 aliphatic carbocycles. The summed E-state index contributed by atoms with van der Waals surface area (Å²) in [6, 6.07) is 7.79. The van der Waals surface area contributed by atoms with E-state index in [9.17, 15) is 0 Å². The SMILES string of the molecule is CCNC(c1cc(CC)ccc1CC)C1CC2CCC1C2. The zero-order valence-electron chi connectivity index (χ0n) is 14.0. The fraction of sp³-hybridized carbons (Fsp3) is 0.700. The molecule has 0 spiro atoms. The highest BCUT2D eigenvalue weighted by Gasteiger charge is 2.43. The van der Waals surface area contributed by atoms with Crippen LogP contribution in [0.1, 0.15) is 69.2 Å². The predicted molar refractivity (Wildman–Crippen MR) is 90.6 cm³/mol. The van der Waals surface area contributed by atoms with Gasteiger partial charge in [0, 0.05) is 6.04 Å². The van der Waals surface area contributed by atoms with Gasteiger partial charge in [0.05, 0.1) is 0 Å². The van der Waals surface area contributed by atoms with Crippen molar-refractivity contribution < 1.29 is 0 Å². The number of nitrogens with one attached hydrogen (secondary N) is 1. The maximum atomic E-state index is 3.85. The normalized spacial score (nSPS) is 29.0. The Balaban J connectivity index is 1.93. The molecule has 2 bridgehead atoms. The monoisotopic (exact) mass is 285 g/mol. The second-order valence-electron chi connectivity index (χ2n) is 7.11. The molecule has 3 rings (SSSR count). The molecule has 116 valence electrons. The molecule has 1 heteroatoms. The van der Waals surface area contributed by atoms with Crippen LogP contribution in [0.4, 0.5) is 0 Å². The molecule has 1 nitrogen and oxygen atoms in total. The second-order valence-corrected chi connectivity index (χ2v) is 7.11. The van der Waals surface area contributed by atoms with Gasteiger partial charge in [-0.1, -0.05) is 45.4 Å². The van der Waals surface area contributed by atoms with Gasteiger partial charge >= 0.3 is 0 Å². The van der Waals surface area contributed by atoms with Crippen LogP contribution in [-0.2, 0) is 12.8 Å². The Bertz CT molecular complexity index is 479. The molecule has 1 aromatic rings. The lowest BCUT2D eigenvalue weighted by atomic mass is 9.78. The van der Waals surface area contributed by atoms with Gasteiger partial charge in [-0.15, -0.1) is 0 Å². The predicted octanol–water partition coefficient (Wildman–Crippen LogP) is 4.90. The number of hydrogen-bond donors (Lipinski definition) is 1. The molecule has 0 aliphatic heterocycles. The molecule has 0 saturated heterocycles. The summed E-state index contributed by atoms with van der Waals surface area (Å²) in [4.78, 5) is 0. The Labute approximate surface area is 130 Å². The van der Waals surface area contributed by atoms with Crippen LogP contribution in [0, 0.1) is 17.8 Å². The average Bonchev–Trinajstić information content (AvgIpc) is 3.15. The molecule has 2 fully saturated rings. The van der Waals surface area contributed by atoms with Gasteiger partial charge in [-0.3, -0.25) is 0 Å². The number of fused-ring (bicyclic) bond motifs is 2. The van der Waals surface area contributed by atoms with Crippen LogP contribution in [-0.4, -0.2) is 6.54 Å². The van der Waals surface area contributed by atoms with Crippen molar-refractivity contribution in [3.8, 4) is 0 Å². The number of aryl methyl sites for hydroxylation is 2. The van der Waals surface area contributed by atoms with Crippen LogP contribution in [0.15, 0.2) is 18.2 Å². The minimum Gasteiger partial charge on any atom is -0.310 e. The van der Waals surface area contributed by atoms with Crippen LogP contribution in [0.5, 0.6) is 0 Å². The summed E-state index contributed by atoms with van der Waals surface area (Å²) in [6.07, 6.45) is 8.24. The molecule has 2 saturated carbocycles. The number of hydrogen-bond acceptors (Lipinski definition) is 1. The van der Waals surface area contributed by atoms with E-state index in [0.717, 1.165) is 37.1 Å².